The summed E-state index contributed by atoms with van der Waals surface area (Å²) in [6, 6.07) is 3.99. The molecule has 4 heteroatoms. The molecule has 0 radical (unpaired) electrons. The number of aliphatic hydroxyl groups is 1. The molecule has 0 bridgehead atoms. The van der Waals surface area contributed by atoms with E-state index in [1.54, 1.807) is 0 Å². The van der Waals surface area contributed by atoms with Crippen LogP contribution in [0.3, 0.4) is 0 Å². The summed E-state index contributed by atoms with van der Waals surface area (Å²) in [5, 5.41) is 13.4. The van der Waals surface area contributed by atoms with Crippen LogP contribution in [0.4, 0.5) is 8.78 Å². The molecule has 1 aromatic rings. The van der Waals surface area contributed by atoms with E-state index in [9.17, 15) is 13.9 Å². The summed E-state index contributed by atoms with van der Waals surface area (Å²) in [5.74, 6) is -1.79. The molecule has 0 spiro atoms. The fraction of sp³-hybridized carbons (Fsp3) is 0.625. The lowest BCUT2D eigenvalue weighted by Gasteiger charge is -2.23. The topological polar surface area (TPSA) is 32.3 Å². The Morgan fingerprint density at radius 2 is 1.70 bits per heavy atom. The zero-order valence-corrected chi connectivity index (χ0v) is 11.7. The van der Waals surface area contributed by atoms with Gasteiger partial charge in [0, 0.05) is 12.6 Å². The third-order valence-electron chi connectivity index (χ3n) is 4.03. The number of benzene rings is 1. The Labute approximate surface area is 119 Å². The number of hydrogen-bond acceptors (Lipinski definition) is 2. The predicted molar refractivity (Wildman–Crippen MR) is 75.4 cm³/mol. The van der Waals surface area contributed by atoms with Crippen LogP contribution in [-0.2, 0) is 0 Å². The molecule has 1 aliphatic rings. The van der Waals surface area contributed by atoms with Gasteiger partial charge in [0.25, 0.3) is 0 Å². The SMILES string of the molecule is OC(CNC1CCCCCCC1)c1ccc(F)c(F)c1. The maximum Gasteiger partial charge on any atom is 0.159 e. The Kier molecular flexibility index (Phi) is 5.92. The van der Waals surface area contributed by atoms with Gasteiger partial charge in [0.05, 0.1) is 6.10 Å². The van der Waals surface area contributed by atoms with Crippen molar-refractivity contribution in [3.05, 3.63) is 35.4 Å². The molecule has 0 amide bonds. The van der Waals surface area contributed by atoms with Gasteiger partial charge in [-0.05, 0) is 30.5 Å². The van der Waals surface area contributed by atoms with Crippen LogP contribution in [0.25, 0.3) is 0 Å². The molecule has 1 unspecified atom stereocenters. The number of rotatable bonds is 4. The van der Waals surface area contributed by atoms with Gasteiger partial charge in [-0.25, -0.2) is 8.78 Å². The molecule has 20 heavy (non-hydrogen) atoms. The van der Waals surface area contributed by atoms with Crippen LogP contribution < -0.4 is 5.32 Å². The van der Waals surface area contributed by atoms with E-state index in [0.29, 0.717) is 18.2 Å². The molecule has 112 valence electrons. The Morgan fingerprint density at radius 1 is 1.05 bits per heavy atom. The standard InChI is InChI=1S/C16H23F2NO/c17-14-9-8-12(10-15(14)18)16(20)11-19-13-6-4-2-1-3-5-7-13/h8-10,13,16,19-20H,1-7,11H2. The highest BCUT2D eigenvalue weighted by Gasteiger charge is 2.15. The predicted octanol–water partition coefficient (Wildman–Crippen LogP) is 3.70. The summed E-state index contributed by atoms with van der Waals surface area (Å²) in [6.07, 6.45) is 7.79. The highest BCUT2D eigenvalue weighted by molar-refractivity contribution is 5.20. The molecule has 0 aromatic heterocycles. The monoisotopic (exact) mass is 283 g/mol. The maximum atomic E-state index is 13.1. The summed E-state index contributed by atoms with van der Waals surface area (Å²) in [7, 11) is 0. The van der Waals surface area contributed by atoms with Crippen molar-refractivity contribution in [2.24, 2.45) is 0 Å². The molecule has 2 nitrogen and oxygen atoms in total. The third kappa shape index (κ3) is 4.53. The second-order valence-corrected chi connectivity index (χ2v) is 5.64. The summed E-state index contributed by atoms with van der Waals surface area (Å²) in [4.78, 5) is 0. The highest BCUT2D eigenvalue weighted by atomic mass is 19.2. The number of hydrogen-bond donors (Lipinski definition) is 2. The number of aliphatic hydroxyl groups excluding tert-OH is 1. The fourth-order valence-electron chi connectivity index (χ4n) is 2.78. The molecule has 1 saturated carbocycles. The minimum Gasteiger partial charge on any atom is -0.387 e. The van der Waals surface area contributed by atoms with Crippen molar-refractivity contribution in [2.45, 2.75) is 57.1 Å². The first kappa shape index (κ1) is 15.4. The Bertz CT molecular complexity index is 417. The van der Waals surface area contributed by atoms with E-state index in [0.717, 1.165) is 25.0 Å². The zero-order chi connectivity index (χ0) is 14.4. The Hall–Kier alpha value is -1.00. The van der Waals surface area contributed by atoms with Gasteiger partial charge in [-0.15, -0.1) is 0 Å². The second kappa shape index (κ2) is 7.70. The van der Waals surface area contributed by atoms with E-state index in [-0.39, 0.29) is 0 Å². The number of halogens is 2. The normalized spacial score (nSPS) is 19.4. The average Bonchev–Trinajstić information content (AvgIpc) is 2.40. The van der Waals surface area contributed by atoms with Gasteiger partial charge in [-0.2, -0.15) is 0 Å². The molecule has 0 saturated heterocycles. The molecule has 0 heterocycles. The van der Waals surface area contributed by atoms with Crippen LogP contribution in [0.5, 0.6) is 0 Å². The lowest BCUT2D eigenvalue weighted by molar-refractivity contribution is 0.166. The molecule has 1 atom stereocenters. The second-order valence-electron chi connectivity index (χ2n) is 5.64. The maximum absolute atomic E-state index is 13.1. The van der Waals surface area contributed by atoms with Crippen molar-refractivity contribution < 1.29 is 13.9 Å². The Morgan fingerprint density at radius 3 is 2.35 bits per heavy atom. The van der Waals surface area contributed by atoms with Crippen LogP contribution in [0.2, 0.25) is 0 Å². The number of nitrogens with one attached hydrogen (secondary N) is 1. The molecule has 1 aromatic carbocycles. The van der Waals surface area contributed by atoms with Gasteiger partial charge in [0.15, 0.2) is 11.6 Å². The largest absolute Gasteiger partial charge is 0.387 e. The molecular weight excluding hydrogens is 260 g/mol. The molecule has 1 aliphatic carbocycles. The minimum atomic E-state index is -0.910. The first-order chi connectivity index (χ1) is 9.66. The van der Waals surface area contributed by atoms with Crippen LogP contribution in [0.15, 0.2) is 18.2 Å². The average molecular weight is 283 g/mol. The molecule has 0 aliphatic heterocycles. The first-order valence-electron chi connectivity index (χ1n) is 7.53. The van der Waals surface area contributed by atoms with E-state index in [1.165, 1.54) is 38.2 Å². The van der Waals surface area contributed by atoms with Gasteiger partial charge >= 0.3 is 0 Å². The van der Waals surface area contributed by atoms with Crippen molar-refractivity contribution >= 4 is 0 Å². The third-order valence-corrected chi connectivity index (χ3v) is 4.03. The summed E-state index contributed by atoms with van der Waals surface area (Å²) in [6.45, 7) is 0.385. The summed E-state index contributed by atoms with van der Waals surface area (Å²) < 4.78 is 26.0. The van der Waals surface area contributed by atoms with Gasteiger partial charge in [0.2, 0.25) is 0 Å². The Balaban J connectivity index is 1.83. The molecule has 2 rings (SSSR count). The lowest BCUT2D eigenvalue weighted by Crippen LogP contribution is -2.33. The van der Waals surface area contributed by atoms with E-state index >= 15 is 0 Å². The lowest BCUT2D eigenvalue weighted by atomic mass is 9.96. The summed E-state index contributed by atoms with van der Waals surface area (Å²) in [5.41, 5.74) is 0.419. The fourth-order valence-corrected chi connectivity index (χ4v) is 2.78. The van der Waals surface area contributed by atoms with Crippen molar-refractivity contribution in [1.82, 2.24) is 5.32 Å². The van der Waals surface area contributed by atoms with Crippen molar-refractivity contribution in [1.29, 1.82) is 0 Å². The van der Waals surface area contributed by atoms with Gasteiger partial charge in [-0.3, -0.25) is 0 Å². The zero-order valence-electron chi connectivity index (χ0n) is 11.7. The summed E-state index contributed by atoms with van der Waals surface area (Å²) >= 11 is 0. The smallest absolute Gasteiger partial charge is 0.159 e. The van der Waals surface area contributed by atoms with Gasteiger partial charge < -0.3 is 10.4 Å². The van der Waals surface area contributed by atoms with Gasteiger partial charge in [0.1, 0.15) is 0 Å². The van der Waals surface area contributed by atoms with E-state index in [1.807, 2.05) is 0 Å². The van der Waals surface area contributed by atoms with Crippen LogP contribution in [0.1, 0.15) is 56.6 Å². The van der Waals surface area contributed by atoms with Crippen molar-refractivity contribution in [3.8, 4) is 0 Å². The quantitative estimate of drug-likeness (QED) is 0.883. The van der Waals surface area contributed by atoms with E-state index in [2.05, 4.69) is 5.32 Å². The van der Waals surface area contributed by atoms with Crippen molar-refractivity contribution in [2.75, 3.05) is 6.54 Å². The highest BCUT2D eigenvalue weighted by Crippen LogP contribution is 2.19. The van der Waals surface area contributed by atoms with E-state index < -0.39 is 17.7 Å². The van der Waals surface area contributed by atoms with Crippen LogP contribution >= 0.6 is 0 Å². The van der Waals surface area contributed by atoms with E-state index in [4.69, 9.17) is 0 Å². The minimum absolute atomic E-state index is 0.385. The molecule has 1 fully saturated rings. The molecular formula is C16H23F2NO. The van der Waals surface area contributed by atoms with Crippen LogP contribution in [-0.4, -0.2) is 17.7 Å². The van der Waals surface area contributed by atoms with Crippen LogP contribution in [0, 0.1) is 11.6 Å². The molecule has 2 N–H and O–H groups in total. The van der Waals surface area contributed by atoms with Crippen molar-refractivity contribution in [3.63, 3.8) is 0 Å². The van der Waals surface area contributed by atoms with Gasteiger partial charge in [-0.1, -0.05) is 38.2 Å². The first-order valence-corrected chi connectivity index (χ1v) is 7.53.